The Labute approximate surface area is 112 Å². The molecule has 1 atom stereocenters. The molecule has 1 fully saturated rings. The molecule has 0 aliphatic carbocycles. The zero-order valence-electron chi connectivity index (χ0n) is 10.3. The van der Waals surface area contributed by atoms with Crippen molar-refractivity contribution < 1.29 is 4.79 Å². The van der Waals surface area contributed by atoms with Crippen molar-refractivity contribution in [1.82, 2.24) is 4.90 Å². The van der Waals surface area contributed by atoms with Gasteiger partial charge in [0.05, 0.1) is 0 Å². The summed E-state index contributed by atoms with van der Waals surface area (Å²) in [5, 5.41) is 4.05. The topological polar surface area (TPSA) is 32.3 Å². The number of fused-ring (bicyclic) bond motifs is 1. The molecule has 4 heteroatoms. The maximum Gasteiger partial charge on any atom is 0.245 e. The summed E-state index contributed by atoms with van der Waals surface area (Å²) in [5.74, 6) is 0.238. The lowest BCUT2D eigenvalue weighted by Gasteiger charge is -2.29. The fourth-order valence-corrected chi connectivity index (χ4v) is 3.01. The lowest BCUT2D eigenvalue weighted by Crippen LogP contribution is -2.44. The molecule has 0 aromatic heterocycles. The second-order valence-corrected chi connectivity index (χ2v) is 5.52. The van der Waals surface area contributed by atoms with Crippen LogP contribution >= 0.6 is 11.6 Å². The maximum absolute atomic E-state index is 12.4. The Hall–Kier alpha value is -1.22. The lowest BCUT2D eigenvalue weighted by molar-refractivity contribution is -0.132. The number of carbonyl (C=O) groups is 1. The number of hydrogen-bond donors (Lipinski definition) is 1. The number of hydrogen-bond acceptors (Lipinski definition) is 2. The highest BCUT2D eigenvalue weighted by molar-refractivity contribution is 6.30. The second-order valence-electron chi connectivity index (χ2n) is 5.09. The summed E-state index contributed by atoms with van der Waals surface area (Å²) in [6, 6.07) is 5.67. The van der Waals surface area contributed by atoms with Gasteiger partial charge in [0, 0.05) is 30.2 Å². The third-order valence-electron chi connectivity index (χ3n) is 3.79. The van der Waals surface area contributed by atoms with Gasteiger partial charge in [0.1, 0.15) is 6.04 Å². The second kappa shape index (κ2) is 4.81. The monoisotopic (exact) mass is 264 g/mol. The van der Waals surface area contributed by atoms with E-state index in [1.165, 1.54) is 6.42 Å². The van der Waals surface area contributed by atoms with E-state index in [0.29, 0.717) is 0 Å². The molecule has 18 heavy (non-hydrogen) atoms. The van der Waals surface area contributed by atoms with Crippen molar-refractivity contribution in [3.05, 3.63) is 28.8 Å². The van der Waals surface area contributed by atoms with Crippen LogP contribution in [-0.2, 0) is 11.2 Å². The van der Waals surface area contributed by atoms with E-state index >= 15 is 0 Å². The maximum atomic E-state index is 12.4. The largest absolute Gasteiger partial charge is 0.373 e. The van der Waals surface area contributed by atoms with Crippen molar-refractivity contribution in [3.8, 4) is 0 Å². The zero-order chi connectivity index (χ0) is 12.5. The normalized spacial score (nSPS) is 22.5. The molecule has 0 saturated carbocycles. The standard InChI is InChI=1S/C14H17ClN2O/c15-11-4-5-12-10(8-11)9-13(16-12)14(18)17-6-2-1-3-7-17/h4-5,8,13,16H,1-3,6-7,9H2. The Bertz CT molecular complexity index is 469. The van der Waals surface area contributed by atoms with Crippen LogP contribution in [0.4, 0.5) is 5.69 Å². The first-order valence-corrected chi connectivity index (χ1v) is 6.95. The summed E-state index contributed by atoms with van der Waals surface area (Å²) in [6.07, 6.45) is 4.28. The van der Waals surface area contributed by atoms with Gasteiger partial charge in [0.2, 0.25) is 5.91 Å². The molecule has 2 aliphatic heterocycles. The molecular weight excluding hydrogens is 248 g/mol. The summed E-state index contributed by atoms with van der Waals surface area (Å²) in [5.41, 5.74) is 2.20. The SMILES string of the molecule is O=C(C1Cc2cc(Cl)ccc2N1)N1CCCCC1. The molecule has 2 aliphatic rings. The fourth-order valence-electron chi connectivity index (χ4n) is 2.81. The van der Waals surface area contributed by atoms with Crippen molar-refractivity contribution in [2.75, 3.05) is 18.4 Å². The molecule has 1 aromatic carbocycles. The van der Waals surface area contributed by atoms with Gasteiger partial charge < -0.3 is 10.2 Å². The molecule has 1 aromatic rings. The van der Waals surface area contributed by atoms with Crippen LogP contribution in [0.1, 0.15) is 24.8 Å². The molecule has 96 valence electrons. The van der Waals surface area contributed by atoms with Gasteiger partial charge in [-0.15, -0.1) is 0 Å². The van der Waals surface area contributed by atoms with E-state index < -0.39 is 0 Å². The molecule has 1 saturated heterocycles. The van der Waals surface area contributed by atoms with E-state index in [4.69, 9.17) is 11.6 Å². The number of piperidine rings is 1. The number of carbonyl (C=O) groups excluding carboxylic acids is 1. The molecular formula is C14H17ClN2O. The number of anilines is 1. The molecule has 0 spiro atoms. The third kappa shape index (κ3) is 2.19. The first-order valence-electron chi connectivity index (χ1n) is 6.58. The van der Waals surface area contributed by atoms with Gasteiger partial charge in [-0.3, -0.25) is 4.79 Å². The number of halogens is 1. The summed E-state index contributed by atoms with van der Waals surface area (Å²) in [6.45, 7) is 1.82. The van der Waals surface area contributed by atoms with E-state index in [-0.39, 0.29) is 11.9 Å². The van der Waals surface area contributed by atoms with E-state index in [1.54, 1.807) is 0 Å². The fraction of sp³-hybridized carbons (Fsp3) is 0.500. The number of amides is 1. The van der Waals surface area contributed by atoms with Gasteiger partial charge in [-0.25, -0.2) is 0 Å². The highest BCUT2D eigenvalue weighted by Gasteiger charge is 2.30. The Kier molecular flexibility index (Phi) is 3.16. The van der Waals surface area contributed by atoms with Crippen LogP contribution in [-0.4, -0.2) is 29.9 Å². The lowest BCUT2D eigenvalue weighted by atomic mass is 10.1. The highest BCUT2D eigenvalue weighted by Crippen LogP contribution is 2.29. The van der Waals surface area contributed by atoms with Gasteiger partial charge in [-0.2, -0.15) is 0 Å². The number of benzene rings is 1. The molecule has 1 amide bonds. The minimum absolute atomic E-state index is 0.100. The number of rotatable bonds is 1. The minimum atomic E-state index is -0.100. The summed E-state index contributed by atoms with van der Waals surface area (Å²) >= 11 is 5.98. The van der Waals surface area contributed by atoms with Gasteiger partial charge >= 0.3 is 0 Å². The molecule has 0 bridgehead atoms. The quantitative estimate of drug-likeness (QED) is 0.846. The average Bonchev–Trinajstić information content (AvgIpc) is 2.81. The summed E-state index contributed by atoms with van der Waals surface area (Å²) in [7, 11) is 0. The van der Waals surface area contributed by atoms with Crippen molar-refractivity contribution in [2.45, 2.75) is 31.7 Å². The predicted molar refractivity (Wildman–Crippen MR) is 73.0 cm³/mol. The van der Waals surface area contributed by atoms with E-state index in [1.807, 2.05) is 23.1 Å². The van der Waals surface area contributed by atoms with Crippen molar-refractivity contribution in [2.24, 2.45) is 0 Å². The molecule has 0 radical (unpaired) electrons. The van der Waals surface area contributed by atoms with Gasteiger partial charge in [-0.1, -0.05) is 11.6 Å². The summed E-state index contributed by atoms with van der Waals surface area (Å²) in [4.78, 5) is 14.4. The Morgan fingerprint density at radius 2 is 2.06 bits per heavy atom. The van der Waals surface area contributed by atoms with Crippen LogP contribution in [0, 0.1) is 0 Å². The molecule has 1 N–H and O–H groups in total. The first kappa shape index (κ1) is 11.8. The van der Waals surface area contributed by atoms with E-state index in [2.05, 4.69) is 5.32 Å². The van der Waals surface area contributed by atoms with Gasteiger partial charge in [-0.05, 0) is 43.0 Å². The van der Waals surface area contributed by atoms with Crippen molar-refractivity contribution in [3.63, 3.8) is 0 Å². The smallest absolute Gasteiger partial charge is 0.245 e. The third-order valence-corrected chi connectivity index (χ3v) is 4.02. The minimum Gasteiger partial charge on any atom is -0.373 e. The van der Waals surface area contributed by atoms with Crippen LogP contribution in [0.2, 0.25) is 5.02 Å². The summed E-state index contributed by atoms with van der Waals surface area (Å²) < 4.78 is 0. The van der Waals surface area contributed by atoms with E-state index in [0.717, 1.165) is 48.6 Å². The van der Waals surface area contributed by atoms with Crippen LogP contribution in [0.3, 0.4) is 0 Å². The Balaban J connectivity index is 1.71. The number of likely N-dealkylation sites (tertiary alicyclic amines) is 1. The molecule has 2 heterocycles. The number of nitrogens with zero attached hydrogens (tertiary/aromatic N) is 1. The molecule has 3 rings (SSSR count). The average molecular weight is 265 g/mol. The highest BCUT2D eigenvalue weighted by atomic mass is 35.5. The van der Waals surface area contributed by atoms with Crippen LogP contribution in [0.25, 0.3) is 0 Å². The van der Waals surface area contributed by atoms with Crippen LogP contribution < -0.4 is 5.32 Å². The Morgan fingerprint density at radius 3 is 2.83 bits per heavy atom. The van der Waals surface area contributed by atoms with Crippen LogP contribution in [0.15, 0.2) is 18.2 Å². The predicted octanol–water partition coefficient (Wildman–Crippen LogP) is 2.69. The van der Waals surface area contributed by atoms with Crippen LogP contribution in [0.5, 0.6) is 0 Å². The molecule has 1 unspecified atom stereocenters. The number of nitrogens with one attached hydrogen (secondary N) is 1. The van der Waals surface area contributed by atoms with E-state index in [9.17, 15) is 4.79 Å². The van der Waals surface area contributed by atoms with Crippen molar-refractivity contribution in [1.29, 1.82) is 0 Å². The van der Waals surface area contributed by atoms with Gasteiger partial charge in [0.25, 0.3) is 0 Å². The zero-order valence-corrected chi connectivity index (χ0v) is 11.0. The Morgan fingerprint density at radius 1 is 1.28 bits per heavy atom. The first-order chi connectivity index (χ1) is 8.74. The van der Waals surface area contributed by atoms with Crippen molar-refractivity contribution >= 4 is 23.2 Å². The molecule has 3 nitrogen and oxygen atoms in total. The van der Waals surface area contributed by atoms with Gasteiger partial charge in [0.15, 0.2) is 0 Å².